The highest BCUT2D eigenvalue weighted by Gasteiger charge is 2.17. The van der Waals surface area contributed by atoms with Crippen molar-refractivity contribution in [1.82, 2.24) is 10.3 Å². The van der Waals surface area contributed by atoms with E-state index < -0.39 is 0 Å². The molecule has 6 nitrogen and oxygen atoms in total. The van der Waals surface area contributed by atoms with Crippen molar-refractivity contribution in [3.8, 4) is 0 Å². The molecule has 1 aliphatic rings. The van der Waals surface area contributed by atoms with E-state index in [1.807, 2.05) is 43.3 Å². The fourth-order valence-electron chi connectivity index (χ4n) is 3.28. The summed E-state index contributed by atoms with van der Waals surface area (Å²) in [6, 6.07) is 14.5. The van der Waals surface area contributed by atoms with E-state index in [-0.39, 0.29) is 11.8 Å². The number of hydrogen-bond acceptors (Lipinski definition) is 4. The van der Waals surface area contributed by atoms with E-state index >= 15 is 0 Å². The molecule has 0 unspecified atom stereocenters. The first-order chi connectivity index (χ1) is 15.0. The monoisotopic (exact) mass is 432 g/mol. The number of anilines is 2. The van der Waals surface area contributed by atoms with Crippen molar-refractivity contribution in [1.29, 1.82) is 0 Å². The third-order valence-electron chi connectivity index (χ3n) is 5.09. The van der Waals surface area contributed by atoms with Gasteiger partial charge in [0.25, 0.3) is 11.8 Å². The highest BCUT2D eigenvalue weighted by Crippen LogP contribution is 2.24. The Morgan fingerprint density at radius 2 is 1.97 bits per heavy atom. The second-order valence-electron chi connectivity index (χ2n) is 7.24. The van der Waals surface area contributed by atoms with Crippen LogP contribution in [0.25, 0.3) is 6.08 Å². The molecule has 4 rings (SSSR count). The second kappa shape index (κ2) is 9.02. The molecule has 2 aromatic carbocycles. The zero-order valence-electron chi connectivity index (χ0n) is 16.9. The van der Waals surface area contributed by atoms with Crippen molar-refractivity contribution in [3.63, 3.8) is 0 Å². The zero-order valence-corrected chi connectivity index (χ0v) is 17.7. The van der Waals surface area contributed by atoms with E-state index in [0.717, 1.165) is 22.4 Å². The minimum absolute atomic E-state index is 0.223. The van der Waals surface area contributed by atoms with Crippen LogP contribution in [0.1, 0.15) is 27.0 Å². The van der Waals surface area contributed by atoms with Crippen LogP contribution in [0.5, 0.6) is 0 Å². The largest absolute Gasteiger partial charge is 0.380 e. The average Bonchev–Trinajstić information content (AvgIpc) is 2.79. The van der Waals surface area contributed by atoms with Crippen LogP contribution in [0, 0.1) is 6.92 Å². The number of pyridine rings is 1. The number of halogens is 1. The number of carbonyl (C=O) groups is 2. The van der Waals surface area contributed by atoms with E-state index in [0.29, 0.717) is 34.9 Å². The van der Waals surface area contributed by atoms with Crippen LogP contribution >= 0.6 is 11.6 Å². The third-order valence-corrected chi connectivity index (χ3v) is 5.46. The lowest BCUT2D eigenvalue weighted by atomic mass is 10.0. The van der Waals surface area contributed by atoms with Gasteiger partial charge in [0.15, 0.2) is 0 Å². The Labute approximate surface area is 185 Å². The van der Waals surface area contributed by atoms with E-state index in [2.05, 4.69) is 20.9 Å². The number of aromatic nitrogens is 1. The average molecular weight is 433 g/mol. The highest BCUT2D eigenvalue weighted by molar-refractivity contribution is 6.31. The van der Waals surface area contributed by atoms with Crippen LogP contribution in [-0.2, 0) is 11.3 Å². The summed E-state index contributed by atoms with van der Waals surface area (Å²) in [7, 11) is 0. The molecule has 0 fully saturated rings. The zero-order chi connectivity index (χ0) is 21.8. The summed E-state index contributed by atoms with van der Waals surface area (Å²) in [5, 5.41) is 9.61. The lowest BCUT2D eigenvalue weighted by Crippen LogP contribution is -2.24. The first kappa shape index (κ1) is 20.6. The third kappa shape index (κ3) is 4.75. The molecule has 0 radical (unpaired) electrons. The number of amides is 2. The second-order valence-corrected chi connectivity index (χ2v) is 7.65. The SMILES string of the molecule is Cc1ccc(C(=O)NCc2ccccc2Cl)cc1NC(=O)C1=Cc2cnccc2NC1. The summed E-state index contributed by atoms with van der Waals surface area (Å²) < 4.78 is 0. The fourth-order valence-corrected chi connectivity index (χ4v) is 3.48. The number of hydrogen-bond donors (Lipinski definition) is 3. The maximum Gasteiger partial charge on any atom is 0.253 e. The molecule has 0 atom stereocenters. The van der Waals surface area contributed by atoms with E-state index in [1.54, 1.807) is 30.6 Å². The van der Waals surface area contributed by atoms with Gasteiger partial charge in [-0.2, -0.15) is 0 Å². The fraction of sp³-hybridized carbons (Fsp3) is 0.125. The number of rotatable bonds is 5. The number of aryl methyl sites for hydroxylation is 1. The van der Waals surface area contributed by atoms with Crippen molar-refractivity contribution in [2.75, 3.05) is 17.2 Å². The van der Waals surface area contributed by atoms with Crippen LogP contribution in [0.3, 0.4) is 0 Å². The molecule has 3 N–H and O–H groups in total. The quantitative estimate of drug-likeness (QED) is 0.557. The molecule has 0 aliphatic carbocycles. The van der Waals surface area contributed by atoms with Gasteiger partial charge in [-0.05, 0) is 48.4 Å². The Balaban J connectivity index is 1.47. The van der Waals surface area contributed by atoms with Gasteiger partial charge in [-0.1, -0.05) is 35.9 Å². The predicted molar refractivity (Wildman–Crippen MR) is 123 cm³/mol. The summed E-state index contributed by atoms with van der Waals surface area (Å²) >= 11 is 6.15. The molecule has 3 aromatic rings. The summed E-state index contributed by atoms with van der Waals surface area (Å²) in [5.41, 5.74) is 5.15. The lowest BCUT2D eigenvalue weighted by Gasteiger charge is -2.18. The minimum Gasteiger partial charge on any atom is -0.380 e. The Morgan fingerprint density at radius 3 is 2.81 bits per heavy atom. The summed E-state index contributed by atoms with van der Waals surface area (Å²) in [4.78, 5) is 29.5. The normalized spacial score (nSPS) is 12.3. The molecular formula is C24H21ClN4O2. The molecule has 31 heavy (non-hydrogen) atoms. The molecule has 0 spiro atoms. The van der Waals surface area contributed by atoms with Gasteiger partial charge < -0.3 is 16.0 Å². The Kier molecular flexibility index (Phi) is 6.00. The van der Waals surface area contributed by atoms with Crippen molar-refractivity contribution in [2.45, 2.75) is 13.5 Å². The van der Waals surface area contributed by atoms with E-state index in [9.17, 15) is 9.59 Å². The van der Waals surface area contributed by atoms with Gasteiger partial charge in [0, 0.05) is 58.6 Å². The van der Waals surface area contributed by atoms with Gasteiger partial charge in [0.1, 0.15) is 0 Å². The Bertz CT molecular complexity index is 1190. The van der Waals surface area contributed by atoms with Crippen LogP contribution in [-0.4, -0.2) is 23.3 Å². The molecule has 0 saturated carbocycles. The smallest absolute Gasteiger partial charge is 0.253 e. The maximum atomic E-state index is 12.8. The van der Waals surface area contributed by atoms with Crippen LogP contribution in [0.4, 0.5) is 11.4 Å². The first-order valence-electron chi connectivity index (χ1n) is 9.83. The number of nitrogens with zero attached hydrogens (tertiary/aromatic N) is 1. The molecule has 156 valence electrons. The van der Waals surface area contributed by atoms with Crippen molar-refractivity contribution in [3.05, 3.63) is 93.8 Å². The highest BCUT2D eigenvalue weighted by atomic mass is 35.5. The molecule has 1 aromatic heterocycles. The van der Waals surface area contributed by atoms with E-state index in [4.69, 9.17) is 11.6 Å². The molecule has 0 saturated heterocycles. The summed E-state index contributed by atoms with van der Waals surface area (Å²) in [6.45, 7) is 2.62. The Morgan fingerprint density at radius 1 is 1.13 bits per heavy atom. The van der Waals surface area contributed by atoms with Crippen molar-refractivity contribution in [2.24, 2.45) is 0 Å². The first-order valence-corrected chi connectivity index (χ1v) is 10.2. The molecule has 2 amide bonds. The standard InChI is InChI=1S/C24H21ClN4O2/c1-15-6-7-16(23(30)28-13-17-4-2-3-5-20(17)25)11-22(15)29-24(31)19-10-18-12-26-9-8-21(18)27-14-19/h2-12,27H,13-14H2,1H3,(H,28,30)(H,29,31). The molecule has 1 aliphatic heterocycles. The van der Waals surface area contributed by atoms with Gasteiger partial charge in [0.05, 0.1) is 0 Å². The van der Waals surface area contributed by atoms with Gasteiger partial charge >= 0.3 is 0 Å². The minimum atomic E-state index is -0.242. The Hall–Kier alpha value is -3.64. The molecule has 0 bridgehead atoms. The molecular weight excluding hydrogens is 412 g/mol. The summed E-state index contributed by atoms with van der Waals surface area (Å²) in [6.07, 6.45) is 5.24. The van der Waals surface area contributed by atoms with Gasteiger partial charge in [-0.25, -0.2) is 0 Å². The lowest BCUT2D eigenvalue weighted by molar-refractivity contribution is -0.112. The van der Waals surface area contributed by atoms with Gasteiger partial charge in [0.2, 0.25) is 0 Å². The summed E-state index contributed by atoms with van der Waals surface area (Å²) in [5.74, 6) is -0.465. The van der Waals surface area contributed by atoms with Gasteiger partial charge in [-0.15, -0.1) is 0 Å². The molecule has 2 heterocycles. The topological polar surface area (TPSA) is 83.1 Å². The number of carbonyl (C=O) groups excluding carboxylic acids is 2. The number of benzene rings is 2. The molecule has 7 heteroatoms. The maximum absolute atomic E-state index is 12.8. The van der Waals surface area contributed by atoms with Crippen molar-refractivity contribution < 1.29 is 9.59 Å². The van der Waals surface area contributed by atoms with Crippen LogP contribution in [0.15, 0.2) is 66.5 Å². The van der Waals surface area contributed by atoms with Crippen LogP contribution < -0.4 is 16.0 Å². The van der Waals surface area contributed by atoms with E-state index in [1.165, 1.54) is 0 Å². The van der Waals surface area contributed by atoms with Crippen LogP contribution in [0.2, 0.25) is 5.02 Å². The van der Waals surface area contributed by atoms with Crippen molar-refractivity contribution >= 4 is 40.9 Å². The number of fused-ring (bicyclic) bond motifs is 1. The predicted octanol–water partition coefficient (Wildman–Crippen LogP) is 4.42. The number of nitrogens with one attached hydrogen (secondary N) is 3. The van der Waals surface area contributed by atoms with Gasteiger partial charge in [-0.3, -0.25) is 14.6 Å².